The van der Waals surface area contributed by atoms with E-state index in [9.17, 15) is 73.3 Å². The van der Waals surface area contributed by atoms with Crippen LogP contribution in [0, 0.1) is 85.6 Å². The van der Waals surface area contributed by atoms with Crippen molar-refractivity contribution in [2.24, 2.45) is 0 Å². The highest BCUT2D eigenvalue weighted by Crippen LogP contribution is 2.47. The van der Waals surface area contributed by atoms with E-state index in [0.29, 0.717) is 85.0 Å². The number of benzene rings is 10. The maximum Gasteiger partial charge on any atom is 0.416 e. The summed E-state index contributed by atoms with van der Waals surface area (Å²) < 4.78 is 161. The van der Waals surface area contributed by atoms with Gasteiger partial charge in [0.05, 0.1) is 61.5 Å². The van der Waals surface area contributed by atoms with Crippen LogP contribution in [0.2, 0.25) is 5.15 Å². The van der Waals surface area contributed by atoms with Gasteiger partial charge in [-0.25, -0.2) is 41.7 Å². The van der Waals surface area contributed by atoms with Gasteiger partial charge in [-0.3, -0.25) is 24.6 Å². The molecule has 16 nitrogen and oxygen atoms in total. The summed E-state index contributed by atoms with van der Waals surface area (Å²) in [6.45, 7) is 40.6. The minimum absolute atomic E-state index is 0.0692. The summed E-state index contributed by atoms with van der Waals surface area (Å²) in [4.78, 5) is 66.3. The predicted molar refractivity (Wildman–Crippen MR) is 523 cm³/mol. The third-order valence-corrected chi connectivity index (χ3v) is 26.6. The van der Waals surface area contributed by atoms with Crippen LogP contribution < -0.4 is 0 Å². The average Bonchev–Trinajstić information content (AvgIpc) is 1.71. The van der Waals surface area contributed by atoms with E-state index in [1.165, 1.54) is 9.80 Å². The number of aryl methyl sites for hydroxylation is 9. The highest BCUT2D eigenvalue weighted by molar-refractivity contribution is 6.29. The maximum atomic E-state index is 14.6. The molecule has 12 aromatic rings. The molecule has 0 radical (unpaired) electrons. The van der Waals surface area contributed by atoms with E-state index >= 15 is 0 Å². The zero-order valence-corrected chi connectivity index (χ0v) is 83.0. The molecule has 8 atom stereocenters. The molecule has 4 saturated heterocycles. The molecule has 4 amide bonds. The monoisotopic (exact) mass is 1940 g/mol. The number of phenols is 2. The molecule has 0 bridgehead atoms. The van der Waals surface area contributed by atoms with Crippen molar-refractivity contribution in [3.8, 4) is 56.0 Å². The summed E-state index contributed by atoms with van der Waals surface area (Å²) in [5.41, 5.74) is 20.0. The van der Waals surface area contributed by atoms with E-state index < -0.39 is 77.7 Å². The van der Waals surface area contributed by atoms with Crippen molar-refractivity contribution in [3.05, 3.63) is 351 Å². The second-order valence-corrected chi connectivity index (χ2v) is 38.9. The Morgan fingerprint density at radius 2 is 0.593 bits per heavy atom. The van der Waals surface area contributed by atoms with Crippen LogP contribution in [0.25, 0.3) is 44.5 Å². The summed E-state index contributed by atoms with van der Waals surface area (Å²) in [6, 6.07) is 49.3. The summed E-state index contributed by atoms with van der Waals surface area (Å²) in [5.74, 6) is -1.87. The molecule has 0 unspecified atom stereocenters. The highest BCUT2D eigenvalue weighted by atomic mass is 35.5. The third-order valence-electron chi connectivity index (χ3n) is 26.4. The van der Waals surface area contributed by atoms with Crippen molar-refractivity contribution in [2.75, 3.05) is 0 Å². The van der Waals surface area contributed by atoms with Gasteiger partial charge in [-0.2, -0.15) is 26.3 Å². The topological polar surface area (TPSA) is 184 Å². The summed E-state index contributed by atoms with van der Waals surface area (Å²) in [7, 11) is 0. The molecular weight excluding hydrogens is 1830 g/mol. The van der Waals surface area contributed by atoms with Gasteiger partial charge in [0.1, 0.15) is 64.3 Å². The molecule has 0 spiro atoms. The maximum absolute atomic E-state index is 14.6. The molecule has 0 saturated carbocycles. The summed E-state index contributed by atoms with van der Waals surface area (Å²) >= 11 is 6.05. The minimum Gasteiger partial charge on any atom is -0.507 e. The Bertz CT molecular complexity index is 6300. The van der Waals surface area contributed by atoms with Crippen molar-refractivity contribution in [1.82, 2.24) is 29.6 Å². The Kier molecular flexibility index (Phi) is 31.6. The normalized spacial score (nSPS) is 18.1. The van der Waals surface area contributed by atoms with Crippen LogP contribution in [0.3, 0.4) is 0 Å². The van der Waals surface area contributed by atoms with Crippen molar-refractivity contribution < 1.29 is 92.2 Å². The zero-order chi connectivity index (χ0) is 102. The van der Waals surface area contributed by atoms with Gasteiger partial charge in [0, 0.05) is 41.3 Å². The van der Waals surface area contributed by atoms with Gasteiger partial charge in [0.2, 0.25) is 0 Å². The van der Waals surface area contributed by atoms with Gasteiger partial charge >= 0.3 is 36.7 Å². The van der Waals surface area contributed by atoms with Crippen molar-refractivity contribution >= 4 is 36.0 Å². The number of alkyl halides is 6. The van der Waals surface area contributed by atoms with Crippen LogP contribution in [0.4, 0.5) is 63.1 Å². The second-order valence-electron chi connectivity index (χ2n) is 38.5. The summed E-state index contributed by atoms with van der Waals surface area (Å²) in [6.07, 6.45) is -10.2. The molecule has 2 aromatic heterocycles. The molecule has 10 aromatic carbocycles. The van der Waals surface area contributed by atoms with E-state index in [1.54, 1.807) is 104 Å². The van der Waals surface area contributed by atoms with E-state index in [1.807, 2.05) is 178 Å². The number of aromatic nitrogens is 2. The van der Waals surface area contributed by atoms with Crippen LogP contribution in [0.15, 0.2) is 194 Å². The van der Waals surface area contributed by atoms with Crippen molar-refractivity contribution in [1.29, 1.82) is 0 Å². The lowest BCUT2D eigenvalue weighted by molar-refractivity contribution is -0.138. The lowest BCUT2D eigenvalue weighted by Crippen LogP contribution is -2.31. The van der Waals surface area contributed by atoms with Crippen molar-refractivity contribution in [2.45, 2.75) is 256 Å². The van der Waals surface area contributed by atoms with E-state index in [0.717, 1.165) is 120 Å². The molecule has 16 rings (SSSR count). The van der Waals surface area contributed by atoms with Crippen LogP contribution in [0.5, 0.6) is 11.5 Å². The SMILES string of the molecule is Cc1cc([C@@H]2OC(=O)N(Cc3cc(C)ccc3-c3cc(C(C)C)c(F)cc3O)[C@H]2C)cc(C(F)(F)F)c1.Cc1cc([C@H]2OC(=O)N(Cc3cc(C)ccc3-c3cc(C(C)C)c(F)cc3O)[C@H]2C)cc(C(F)(F)F)c1.Cc1ccc(-c2cc(C(C)C)c(F)cc2C)c(CN2C(=O)O[C@H](c3ccnc(C)c3)[C@@H]2C)c1.Cc1ccc(-c2cc(C(C)C)c(F)cc2C)c(CN2C(=O)O[C@H](c3ccnc(Cl)c3)[C@@H]2C)c1. The Labute approximate surface area is 816 Å². The average molecular weight is 1940 g/mol. The first-order chi connectivity index (χ1) is 65.8. The van der Waals surface area contributed by atoms with Crippen LogP contribution in [0.1, 0.15) is 259 Å². The predicted octanol–water partition coefficient (Wildman–Crippen LogP) is 30.5. The van der Waals surface area contributed by atoms with Gasteiger partial charge in [-0.15, -0.1) is 0 Å². The first-order valence-corrected chi connectivity index (χ1v) is 47.1. The molecule has 27 heteroatoms. The quantitative estimate of drug-likeness (QED) is 0.0419. The molecule has 6 heterocycles. The largest absolute Gasteiger partial charge is 0.507 e. The third kappa shape index (κ3) is 23.2. The number of halogens is 11. The molecule has 140 heavy (non-hydrogen) atoms. The highest BCUT2D eigenvalue weighted by Gasteiger charge is 2.46. The molecule has 736 valence electrons. The molecule has 4 aliphatic heterocycles. The first-order valence-electron chi connectivity index (χ1n) is 46.7. The Balaban J connectivity index is 0.000000157. The number of ether oxygens (including phenoxy) is 4. The van der Waals surface area contributed by atoms with Crippen molar-refractivity contribution in [3.63, 3.8) is 0 Å². The number of carbonyl (C=O) groups excluding carboxylic acids is 4. The van der Waals surface area contributed by atoms with Crippen LogP contribution in [-0.4, -0.2) is 88.3 Å². The fraction of sp³-hybridized carbons (Fsp3) is 0.345. The number of cyclic esters (lactones) is 4. The van der Waals surface area contributed by atoms with Gasteiger partial charge in [-0.1, -0.05) is 185 Å². The fourth-order valence-electron chi connectivity index (χ4n) is 18.8. The number of pyridine rings is 2. The molecule has 0 aliphatic carbocycles. The Hall–Kier alpha value is -13.2. The number of rotatable bonds is 20. The van der Waals surface area contributed by atoms with Gasteiger partial charge < -0.3 is 29.2 Å². The molecule has 4 fully saturated rings. The summed E-state index contributed by atoms with van der Waals surface area (Å²) in [5, 5.41) is 21.5. The van der Waals surface area contributed by atoms with E-state index in [4.69, 9.17) is 30.5 Å². The molecule has 2 N–H and O–H groups in total. The number of nitrogens with zero attached hydrogens (tertiary/aromatic N) is 6. The number of aromatic hydroxyl groups is 2. The molecular formula is C113H117ClF10N6O10. The molecule has 4 aliphatic rings. The standard InChI is InChI=1S/2C29H29F4NO3.C28H31FN2O2.C27H28ClFN2O2/c2*1-15(2)23-12-24(26(35)13-25(23)30)22-7-6-16(3)8-20(22)14-34-18(5)27(37-28(34)36)19-9-17(4)10-21(11-19)29(31,32)33;1-16(2)24-14-25(18(4)12-26(24)29)23-8-7-17(3)11-22(23)15-31-20(6)27(33-28(31)32)21-9-10-30-19(5)13-21;1-15(2)22-13-23(17(4)11-24(22)29)21-7-6-16(3)10-20(21)14-31-18(5)26(33-27(31)32)19-8-9-30-25(28)12-19/h2*6-13,15,18,27,35H,14H2,1-5H3;7-14,16,20,27H,15H2,1-6H3;6-13,15,18,26H,14H2,1-5H3/t18-,27+;18-,27-;20-,27-;18-,26-/m0000/s1. The zero-order valence-electron chi connectivity index (χ0n) is 82.2. The van der Waals surface area contributed by atoms with Gasteiger partial charge in [0.25, 0.3) is 0 Å². The number of phenolic OH excluding ortho intramolecular Hbond substituents is 2. The Morgan fingerprint density at radius 3 is 0.879 bits per heavy atom. The minimum atomic E-state index is -4.52. The fourth-order valence-corrected chi connectivity index (χ4v) is 19.0. The lowest BCUT2D eigenvalue weighted by atomic mass is 9.90. The first kappa shape index (κ1) is 104. The van der Waals surface area contributed by atoms with Crippen LogP contribution in [-0.2, 0) is 57.5 Å². The number of hydrogen-bond acceptors (Lipinski definition) is 12. The van der Waals surface area contributed by atoms with E-state index in [2.05, 4.69) is 40.3 Å². The second kappa shape index (κ2) is 42.4. The smallest absolute Gasteiger partial charge is 0.416 e. The number of amides is 4. The Morgan fingerprint density at radius 1 is 0.321 bits per heavy atom. The van der Waals surface area contributed by atoms with Gasteiger partial charge in [0.15, 0.2) is 0 Å². The lowest BCUT2D eigenvalue weighted by Gasteiger charge is -2.24. The van der Waals surface area contributed by atoms with Gasteiger partial charge in [-0.05, 0) is 310 Å². The number of carbonyl (C=O) groups is 4. The van der Waals surface area contributed by atoms with E-state index in [-0.39, 0.29) is 101 Å². The number of hydrogen-bond donors (Lipinski definition) is 2. The van der Waals surface area contributed by atoms with Crippen LogP contribution >= 0.6 is 11.6 Å².